The summed E-state index contributed by atoms with van der Waals surface area (Å²) in [6.45, 7) is 3.35. The van der Waals surface area contributed by atoms with E-state index in [1.54, 1.807) is 19.1 Å². The van der Waals surface area contributed by atoms with E-state index in [9.17, 15) is 26.4 Å². The summed E-state index contributed by atoms with van der Waals surface area (Å²) < 4.78 is 67.7. The zero-order valence-corrected chi connectivity index (χ0v) is 22.2. The van der Waals surface area contributed by atoms with E-state index in [-0.39, 0.29) is 10.6 Å². The van der Waals surface area contributed by atoms with Gasteiger partial charge in [-0.15, -0.1) is 0 Å². The molecule has 11 heteroatoms. The van der Waals surface area contributed by atoms with Gasteiger partial charge in [0.25, 0.3) is 15.9 Å². The van der Waals surface area contributed by atoms with Crippen LogP contribution in [-0.2, 0) is 27.5 Å². The topological polar surface area (TPSA) is 82.1 Å². The average Bonchev–Trinajstić information content (AvgIpc) is 2.92. The van der Waals surface area contributed by atoms with Crippen LogP contribution >= 0.6 is 0 Å². The lowest BCUT2D eigenvalue weighted by Gasteiger charge is -2.27. The fraction of sp³-hybridized carbons (Fsp3) is 0.286. The Morgan fingerprint density at radius 1 is 0.974 bits per heavy atom. The number of carbonyl (C=O) groups excluding carboxylic acids is 1. The molecule has 0 unspecified atom stereocenters. The number of halogens is 3. The number of amides is 1. The predicted octanol–water partition coefficient (Wildman–Crippen LogP) is 4.98. The Kier molecular flexibility index (Phi) is 8.71. The van der Waals surface area contributed by atoms with Crippen LogP contribution in [0.3, 0.4) is 0 Å². The number of sulfonamides is 1. The molecule has 0 aliphatic carbocycles. The number of rotatable bonds is 8. The summed E-state index contributed by atoms with van der Waals surface area (Å²) in [4.78, 5) is 15.0. The third-order valence-electron chi connectivity index (χ3n) is 6.38. The molecule has 0 aromatic heterocycles. The fourth-order valence-electron chi connectivity index (χ4n) is 4.22. The normalized spacial score (nSPS) is 14.6. The molecular formula is C28H29F3N4O3S. The van der Waals surface area contributed by atoms with Crippen LogP contribution in [-0.4, -0.2) is 44.6 Å². The van der Waals surface area contributed by atoms with Gasteiger partial charge in [0.2, 0.25) is 0 Å². The van der Waals surface area contributed by atoms with Crippen molar-refractivity contribution < 1.29 is 26.4 Å². The highest BCUT2D eigenvalue weighted by Crippen LogP contribution is 2.33. The Morgan fingerprint density at radius 2 is 1.64 bits per heavy atom. The molecule has 7 nitrogen and oxygen atoms in total. The minimum Gasteiger partial charge on any atom is -0.298 e. The van der Waals surface area contributed by atoms with Crippen LogP contribution in [0.2, 0.25) is 0 Å². The molecule has 206 valence electrons. The van der Waals surface area contributed by atoms with Gasteiger partial charge in [0.05, 0.1) is 16.1 Å². The maximum Gasteiger partial charge on any atom is 0.416 e. The van der Waals surface area contributed by atoms with Crippen LogP contribution in [0, 0.1) is 6.92 Å². The van der Waals surface area contributed by atoms with Gasteiger partial charge in [-0.05, 0) is 42.8 Å². The first kappa shape index (κ1) is 28.3. The second kappa shape index (κ2) is 12.0. The third kappa shape index (κ3) is 7.45. The monoisotopic (exact) mass is 558 g/mol. The second-order valence-electron chi connectivity index (χ2n) is 9.35. The zero-order chi connectivity index (χ0) is 28.0. The molecule has 1 N–H and O–H groups in total. The summed E-state index contributed by atoms with van der Waals surface area (Å²) in [6, 6.07) is 19.8. The van der Waals surface area contributed by atoms with E-state index in [2.05, 4.69) is 27.6 Å². The first-order chi connectivity index (χ1) is 18.5. The molecule has 1 aliphatic heterocycles. The largest absolute Gasteiger partial charge is 0.416 e. The van der Waals surface area contributed by atoms with Crippen molar-refractivity contribution in [3.63, 3.8) is 0 Å². The van der Waals surface area contributed by atoms with Gasteiger partial charge in [-0.3, -0.25) is 14.0 Å². The number of benzene rings is 3. The molecule has 0 bridgehead atoms. The van der Waals surface area contributed by atoms with E-state index in [1.807, 2.05) is 18.2 Å². The Balaban J connectivity index is 1.48. The van der Waals surface area contributed by atoms with E-state index in [4.69, 9.17) is 0 Å². The van der Waals surface area contributed by atoms with Crippen molar-refractivity contribution in [2.45, 2.75) is 37.4 Å². The quantitative estimate of drug-likeness (QED) is 0.396. The molecule has 0 atom stereocenters. The maximum atomic E-state index is 13.5. The molecular weight excluding hydrogens is 529 g/mol. The van der Waals surface area contributed by atoms with Crippen molar-refractivity contribution in [2.75, 3.05) is 23.9 Å². The van der Waals surface area contributed by atoms with Crippen LogP contribution in [0.15, 0.2) is 88.9 Å². The summed E-state index contributed by atoms with van der Waals surface area (Å²) in [5, 5.41) is 4.18. The van der Waals surface area contributed by atoms with Gasteiger partial charge in [-0.1, -0.05) is 54.1 Å². The number of likely N-dealkylation sites (tertiary alicyclic amines) is 1. The number of nitrogens with zero attached hydrogens (tertiary/aromatic N) is 3. The van der Waals surface area contributed by atoms with Crippen LogP contribution in [0.25, 0.3) is 0 Å². The molecule has 1 aliphatic rings. The minimum atomic E-state index is -4.68. The fourth-order valence-corrected chi connectivity index (χ4v) is 5.63. The molecule has 3 aromatic carbocycles. The summed E-state index contributed by atoms with van der Waals surface area (Å²) in [6.07, 6.45) is -3.42. The molecule has 1 fully saturated rings. The summed E-state index contributed by atoms with van der Waals surface area (Å²) in [5.41, 5.74) is 3.88. The van der Waals surface area contributed by atoms with Crippen LogP contribution in [0.4, 0.5) is 18.9 Å². The molecule has 0 spiro atoms. The number of piperidine rings is 1. The van der Waals surface area contributed by atoms with Crippen LogP contribution in [0.5, 0.6) is 0 Å². The highest BCUT2D eigenvalue weighted by atomic mass is 32.2. The lowest BCUT2D eigenvalue weighted by Crippen LogP contribution is -2.40. The molecule has 1 amide bonds. The van der Waals surface area contributed by atoms with Crippen LogP contribution in [0.1, 0.15) is 29.5 Å². The van der Waals surface area contributed by atoms with Gasteiger partial charge < -0.3 is 0 Å². The van der Waals surface area contributed by atoms with Crippen molar-refractivity contribution in [1.29, 1.82) is 0 Å². The SMILES string of the molecule is Cc1ccc(S(=O)(=O)N(CC(=O)NN=C2CCN(Cc3ccccc3)CC2)c2cccc(C(F)(F)F)c2)cc1. The van der Waals surface area contributed by atoms with Crippen LogP contribution < -0.4 is 9.73 Å². The van der Waals surface area contributed by atoms with Gasteiger partial charge >= 0.3 is 6.18 Å². The Bertz CT molecular complexity index is 1420. The smallest absolute Gasteiger partial charge is 0.298 e. The lowest BCUT2D eigenvalue weighted by atomic mass is 10.1. The van der Waals surface area contributed by atoms with Crippen molar-refractivity contribution in [3.8, 4) is 0 Å². The number of hydrazone groups is 1. The summed E-state index contributed by atoms with van der Waals surface area (Å²) >= 11 is 0. The van der Waals surface area contributed by atoms with E-state index in [0.29, 0.717) is 23.2 Å². The van der Waals surface area contributed by atoms with Gasteiger partial charge in [-0.25, -0.2) is 13.8 Å². The van der Waals surface area contributed by atoms with Crippen molar-refractivity contribution in [1.82, 2.24) is 10.3 Å². The molecule has 1 heterocycles. The van der Waals surface area contributed by atoms with Gasteiger partial charge in [-0.2, -0.15) is 18.3 Å². The highest BCUT2D eigenvalue weighted by molar-refractivity contribution is 7.92. The summed E-state index contributed by atoms with van der Waals surface area (Å²) in [7, 11) is -4.36. The molecule has 4 rings (SSSR count). The number of alkyl halides is 3. The number of carbonyl (C=O) groups is 1. The predicted molar refractivity (Wildman–Crippen MR) is 144 cm³/mol. The maximum absolute atomic E-state index is 13.5. The second-order valence-corrected chi connectivity index (χ2v) is 11.2. The van der Waals surface area contributed by atoms with E-state index < -0.39 is 34.2 Å². The van der Waals surface area contributed by atoms with Gasteiger partial charge in [0, 0.05) is 38.2 Å². The minimum absolute atomic E-state index is 0.143. The van der Waals surface area contributed by atoms with Crippen molar-refractivity contribution in [3.05, 3.63) is 95.6 Å². The number of anilines is 1. The lowest BCUT2D eigenvalue weighted by molar-refractivity contribution is -0.137. The van der Waals surface area contributed by atoms with Gasteiger partial charge in [0.15, 0.2) is 0 Å². The number of hydrogen-bond donors (Lipinski definition) is 1. The van der Waals surface area contributed by atoms with Crippen molar-refractivity contribution in [2.24, 2.45) is 5.10 Å². The van der Waals surface area contributed by atoms with E-state index >= 15 is 0 Å². The number of hydrogen-bond acceptors (Lipinski definition) is 5. The van der Waals surface area contributed by atoms with Gasteiger partial charge in [0.1, 0.15) is 6.54 Å². The standard InChI is InChI=1S/C28H29F3N4O3S/c1-21-10-12-26(13-11-21)39(37,38)35(25-9-5-8-23(18-25)28(29,30)31)20-27(36)33-32-24-14-16-34(17-15-24)19-22-6-3-2-4-7-22/h2-13,18H,14-17,19-20H2,1H3,(H,33,36). The average molecular weight is 559 g/mol. The molecule has 3 aromatic rings. The Morgan fingerprint density at radius 3 is 2.28 bits per heavy atom. The van der Waals surface area contributed by atoms with E-state index in [1.165, 1.54) is 23.8 Å². The molecule has 0 saturated carbocycles. The van der Waals surface area contributed by atoms with Crippen molar-refractivity contribution >= 4 is 27.3 Å². The molecule has 0 radical (unpaired) electrons. The first-order valence-corrected chi connectivity index (χ1v) is 13.8. The Labute approximate surface area is 226 Å². The molecule has 1 saturated heterocycles. The van der Waals surface area contributed by atoms with E-state index in [0.717, 1.165) is 43.0 Å². The summed E-state index contributed by atoms with van der Waals surface area (Å²) in [5.74, 6) is -0.762. The number of aryl methyl sites for hydroxylation is 1. The highest BCUT2D eigenvalue weighted by Gasteiger charge is 2.33. The zero-order valence-electron chi connectivity index (χ0n) is 21.4. The Hall–Kier alpha value is -3.70. The first-order valence-electron chi connectivity index (χ1n) is 12.4. The molecule has 39 heavy (non-hydrogen) atoms. The third-order valence-corrected chi connectivity index (χ3v) is 8.17. The number of nitrogens with one attached hydrogen (secondary N) is 1.